The molecule has 0 aliphatic heterocycles. The van der Waals surface area contributed by atoms with Crippen molar-refractivity contribution in [1.82, 2.24) is 0 Å². The van der Waals surface area contributed by atoms with E-state index in [0.29, 0.717) is 0 Å². The number of carboxylic acids is 6. The molecule has 0 aromatic rings. The molecule has 0 aromatic carbocycles. The Morgan fingerprint density at radius 2 is 0.559 bits per heavy atom. The van der Waals surface area contributed by atoms with Gasteiger partial charge >= 0.3 is 159 Å². The standard InChI is InChI=1S/C28H30O29.2Ca.4H/c29-10(20(41)57-19(40)9-28(53,24(48)49)8-18(39)56-16(37)5-26(51,22(44)45)3-12(32)33)1-13(34)54-14(35)6-27(52,23(46)47)7-17(38)55-15(36)4-25(50,21(42)43)2-11(30)31;;;;;;/h10,29,50-53H,1-9H2,(H,30,31)(H,32,33)(H,42,43)(H,44,45)(H,46,47)(H,48,49);;;;;;. The first kappa shape index (κ1) is 59.0. The van der Waals surface area contributed by atoms with Crippen LogP contribution in [-0.4, -0.2) is 244 Å². The molecule has 0 bridgehead atoms. The Labute approximate surface area is 384 Å². The van der Waals surface area contributed by atoms with Gasteiger partial charge in [0.2, 0.25) is 0 Å². The maximum atomic E-state index is 12.1. The summed E-state index contributed by atoms with van der Waals surface area (Å²) in [5, 5.41) is 104. The van der Waals surface area contributed by atoms with E-state index in [1.54, 1.807) is 0 Å². The van der Waals surface area contributed by atoms with Crippen LogP contribution in [-0.2, 0) is 86.1 Å². The average molecular weight is 915 g/mol. The van der Waals surface area contributed by atoms with Crippen LogP contribution in [0.15, 0.2) is 0 Å². The summed E-state index contributed by atoms with van der Waals surface area (Å²) >= 11 is 0. The number of aliphatic carboxylic acids is 6. The van der Waals surface area contributed by atoms with E-state index in [-0.39, 0.29) is 75.5 Å². The predicted molar refractivity (Wildman–Crippen MR) is 175 cm³/mol. The molecule has 324 valence electrons. The molecule has 0 amide bonds. The van der Waals surface area contributed by atoms with E-state index in [4.69, 9.17) is 20.4 Å². The molecule has 0 heterocycles. The van der Waals surface area contributed by atoms with E-state index in [0.717, 1.165) is 0 Å². The van der Waals surface area contributed by atoms with Crippen molar-refractivity contribution in [2.75, 3.05) is 0 Å². The quantitative estimate of drug-likeness (QED) is 0.0196. The van der Waals surface area contributed by atoms with E-state index in [9.17, 15) is 103 Å². The third kappa shape index (κ3) is 20.5. The fourth-order valence-corrected chi connectivity index (χ4v) is 3.85. The number of aliphatic hydroxyl groups excluding tert-OH is 1. The van der Waals surface area contributed by atoms with Gasteiger partial charge in [-0.05, 0) is 0 Å². The second-order valence-electron chi connectivity index (χ2n) is 11.6. The molecule has 0 saturated heterocycles. The van der Waals surface area contributed by atoms with Crippen molar-refractivity contribution in [2.24, 2.45) is 0 Å². The predicted octanol–water partition coefficient (Wildman–Crippen LogP) is -8.26. The van der Waals surface area contributed by atoms with Crippen LogP contribution in [0.4, 0.5) is 0 Å². The van der Waals surface area contributed by atoms with Crippen molar-refractivity contribution in [3.63, 3.8) is 0 Å². The van der Waals surface area contributed by atoms with Gasteiger partial charge in [-0.2, -0.15) is 0 Å². The topological polar surface area (TPSA) is 498 Å². The van der Waals surface area contributed by atoms with Crippen LogP contribution < -0.4 is 0 Å². The van der Waals surface area contributed by atoms with Gasteiger partial charge in [0.15, 0.2) is 28.5 Å². The number of rotatable bonds is 23. The van der Waals surface area contributed by atoms with Gasteiger partial charge in [0.1, 0.15) is 0 Å². The van der Waals surface area contributed by atoms with Crippen LogP contribution >= 0.6 is 0 Å². The van der Waals surface area contributed by atoms with Crippen LogP contribution in [0.25, 0.3) is 0 Å². The van der Waals surface area contributed by atoms with Crippen molar-refractivity contribution in [1.29, 1.82) is 0 Å². The molecule has 29 nitrogen and oxygen atoms in total. The Kier molecular flexibility index (Phi) is 24.7. The monoisotopic (exact) mass is 914 g/mol. The summed E-state index contributed by atoms with van der Waals surface area (Å²) in [6.07, 6.45) is -18.3. The number of carbonyl (C=O) groups is 14. The molecule has 0 fully saturated rings. The number of ether oxygens (including phenoxy) is 4. The third-order valence-corrected chi connectivity index (χ3v) is 6.63. The van der Waals surface area contributed by atoms with Gasteiger partial charge in [-0.25, -0.2) is 24.0 Å². The summed E-state index contributed by atoms with van der Waals surface area (Å²) in [7, 11) is 0. The molecule has 59 heavy (non-hydrogen) atoms. The zero-order valence-corrected chi connectivity index (χ0v) is 28.2. The minimum absolute atomic E-state index is 0. The van der Waals surface area contributed by atoms with E-state index in [2.05, 4.69) is 18.9 Å². The van der Waals surface area contributed by atoms with Gasteiger partial charge < -0.3 is 75.1 Å². The molecule has 0 aliphatic rings. The van der Waals surface area contributed by atoms with Gasteiger partial charge in [0, 0.05) is 0 Å². The van der Waals surface area contributed by atoms with Gasteiger partial charge in [0.25, 0.3) is 0 Å². The summed E-state index contributed by atoms with van der Waals surface area (Å²) in [5.41, 5.74) is -13.8. The SMILES string of the molecule is O=C(O)CC(O)(CC(=O)OC(=O)CC(O)(CC(=O)OC(=O)CC(O)C(=O)OC(=O)CC(O)(CC(=O)OC(=O)CC(O)(CC(=O)O)C(=O)O)C(=O)O)C(=O)O)C(=O)O.[CaH2].[CaH2]. The fourth-order valence-electron chi connectivity index (χ4n) is 3.85. The normalized spacial score (nSPS) is 15.0. The number of aliphatic hydroxyl groups is 5. The van der Waals surface area contributed by atoms with Crippen LogP contribution in [0.5, 0.6) is 0 Å². The molecular weight excluding hydrogens is 880 g/mol. The molecule has 0 spiro atoms. The molecule has 0 radical (unpaired) electrons. The molecule has 0 rings (SSSR count). The summed E-state index contributed by atoms with van der Waals surface area (Å²) in [6, 6.07) is 0. The first-order valence-corrected chi connectivity index (χ1v) is 14.7. The van der Waals surface area contributed by atoms with Crippen LogP contribution in [0.1, 0.15) is 57.8 Å². The van der Waals surface area contributed by atoms with Gasteiger partial charge in [-0.15, -0.1) is 0 Å². The maximum absolute atomic E-state index is 12.1. The van der Waals surface area contributed by atoms with Crippen molar-refractivity contribution in [3.05, 3.63) is 0 Å². The van der Waals surface area contributed by atoms with Gasteiger partial charge in [-0.3, -0.25) is 43.2 Å². The van der Waals surface area contributed by atoms with E-state index in [1.165, 1.54) is 0 Å². The number of esters is 8. The van der Waals surface area contributed by atoms with Crippen LogP contribution in [0.3, 0.4) is 0 Å². The summed E-state index contributed by atoms with van der Waals surface area (Å²) in [5.74, 6) is -29.2. The first-order valence-electron chi connectivity index (χ1n) is 14.7. The molecule has 0 aromatic heterocycles. The third-order valence-electron chi connectivity index (χ3n) is 6.63. The van der Waals surface area contributed by atoms with Gasteiger partial charge in [0.05, 0.1) is 57.8 Å². The van der Waals surface area contributed by atoms with Crippen LogP contribution in [0, 0.1) is 0 Å². The van der Waals surface area contributed by atoms with E-state index in [1.807, 2.05) is 0 Å². The second-order valence-corrected chi connectivity index (χ2v) is 11.6. The molecule has 5 unspecified atom stereocenters. The first-order chi connectivity index (χ1) is 25.8. The van der Waals surface area contributed by atoms with Crippen molar-refractivity contribution in [2.45, 2.75) is 86.3 Å². The number of hydrogen-bond donors (Lipinski definition) is 11. The molecular formula is C28H34Ca2O29. The molecule has 31 heteroatoms. The Morgan fingerprint density at radius 3 is 0.780 bits per heavy atom. The number of carboxylic acid groups (broad SMARTS) is 6. The van der Waals surface area contributed by atoms with E-state index < -0.39 is 170 Å². The van der Waals surface area contributed by atoms with Gasteiger partial charge in [-0.1, -0.05) is 0 Å². The summed E-state index contributed by atoms with van der Waals surface area (Å²) in [4.78, 5) is 163. The molecule has 0 aliphatic carbocycles. The second kappa shape index (κ2) is 24.7. The Bertz CT molecular complexity index is 1740. The van der Waals surface area contributed by atoms with Crippen molar-refractivity contribution >= 4 is 159 Å². The minimum atomic E-state index is -3.59. The average Bonchev–Trinajstić information content (AvgIpc) is 2.98. The molecule has 5 atom stereocenters. The fraction of sp³-hybridized carbons (Fsp3) is 0.500. The Morgan fingerprint density at radius 1 is 0.356 bits per heavy atom. The zero-order valence-electron chi connectivity index (χ0n) is 28.2. The Hall–Kier alpha value is -4.30. The van der Waals surface area contributed by atoms with Crippen molar-refractivity contribution < 1.29 is 142 Å². The van der Waals surface area contributed by atoms with E-state index >= 15 is 0 Å². The molecule has 11 N–H and O–H groups in total. The molecule has 0 saturated carbocycles. The number of carbonyl (C=O) groups excluding carboxylic acids is 8. The number of hydrogen-bond acceptors (Lipinski definition) is 23. The zero-order chi connectivity index (χ0) is 44.9. The van der Waals surface area contributed by atoms with Crippen molar-refractivity contribution in [3.8, 4) is 0 Å². The van der Waals surface area contributed by atoms with Crippen LogP contribution in [0.2, 0.25) is 0 Å². The Balaban J connectivity index is -0.0000157. The summed E-state index contributed by atoms with van der Waals surface area (Å²) < 4.78 is 16.1. The summed E-state index contributed by atoms with van der Waals surface area (Å²) in [6.45, 7) is 0.